The van der Waals surface area contributed by atoms with E-state index in [9.17, 15) is 0 Å². The molecule has 0 bridgehead atoms. The van der Waals surface area contributed by atoms with Gasteiger partial charge in [-0.25, -0.2) is 0 Å². The lowest BCUT2D eigenvalue weighted by atomic mass is 10.5. The van der Waals surface area contributed by atoms with Crippen molar-refractivity contribution >= 4 is 15.7 Å². The van der Waals surface area contributed by atoms with Gasteiger partial charge in [0.1, 0.15) is 0 Å². The molecule has 0 N–H and O–H groups in total. The third-order valence-corrected chi connectivity index (χ3v) is 26.0. The summed E-state index contributed by atoms with van der Waals surface area (Å²) in [5, 5.41) is 0. The molecular weight excluding hydrogens is 256 g/mol. The number of hydrogen-bond donors (Lipinski definition) is 0. The Morgan fingerprint density at radius 2 is 0.667 bits per heavy atom. The zero-order valence-corrected chi connectivity index (χ0v) is 16.1. The Bertz CT molecular complexity index is 208. The van der Waals surface area contributed by atoms with Crippen molar-refractivity contribution in [3.63, 3.8) is 0 Å². The summed E-state index contributed by atoms with van der Waals surface area (Å²) in [6, 6.07) is 0. The van der Waals surface area contributed by atoms with Gasteiger partial charge in [0, 0.05) is 14.2 Å². The van der Waals surface area contributed by atoms with Crippen molar-refractivity contribution in [3.8, 4) is 0 Å². The minimum Gasteiger partial charge on any atom is -0.419 e. The second-order valence-electron chi connectivity index (χ2n) is 6.61. The first-order valence-corrected chi connectivity index (χ1v) is 12.4. The average molecular weight is 291 g/mol. The predicted molar refractivity (Wildman–Crippen MR) is 85.9 cm³/mol. The van der Waals surface area contributed by atoms with E-state index < -0.39 is 15.7 Å². The maximum Gasteiger partial charge on any atom is 0.216 e. The highest BCUT2D eigenvalue weighted by atomic mass is 29.3. The van der Waals surface area contributed by atoms with Crippen LogP contribution in [0.5, 0.6) is 0 Å². The van der Waals surface area contributed by atoms with Crippen molar-refractivity contribution in [2.45, 2.75) is 77.6 Å². The fourth-order valence-corrected chi connectivity index (χ4v) is 25.9. The molecule has 0 atom stereocenters. The Hall–Kier alpha value is 0.354. The van der Waals surface area contributed by atoms with Crippen LogP contribution >= 0.6 is 0 Å². The van der Waals surface area contributed by atoms with E-state index >= 15 is 0 Å². The summed E-state index contributed by atoms with van der Waals surface area (Å²) >= 11 is 0. The summed E-state index contributed by atoms with van der Waals surface area (Å²) in [7, 11) is 0.0299. The molecule has 0 saturated carbocycles. The van der Waals surface area contributed by atoms with Gasteiger partial charge in [-0.3, -0.25) is 0 Å². The van der Waals surface area contributed by atoms with Crippen LogP contribution in [-0.4, -0.2) is 29.9 Å². The molecule has 2 nitrogen and oxygen atoms in total. The van der Waals surface area contributed by atoms with E-state index in [0.717, 1.165) is 0 Å². The molecule has 0 radical (unpaired) electrons. The van der Waals surface area contributed by atoms with Crippen molar-refractivity contribution in [1.82, 2.24) is 0 Å². The molecule has 0 heterocycles. The predicted octanol–water partition coefficient (Wildman–Crippen LogP) is 4.89. The highest BCUT2D eigenvalue weighted by molar-refractivity contribution is 7.39. The molecule has 0 aromatic heterocycles. The van der Waals surface area contributed by atoms with Gasteiger partial charge in [0.25, 0.3) is 0 Å². The van der Waals surface area contributed by atoms with E-state index in [-0.39, 0.29) is 0 Å². The zero-order chi connectivity index (χ0) is 14.7. The molecule has 0 spiro atoms. The standard InChI is InChI=1S/C14H34O2Si2/c1-11(2)17(15-9,12(3)4)18(16-10,13(5)6)14(7)8/h11-14H,1-10H3. The first-order valence-electron chi connectivity index (χ1n) is 7.25. The van der Waals surface area contributed by atoms with Gasteiger partial charge < -0.3 is 8.85 Å². The molecule has 0 aliphatic carbocycles. The van der Waals surface area contributed by atoms with Gasteiger partial charge in [0.2, 0.25) is 15.7 Å². The minimum atomic E-state index is -1.91. The lowest BCUT2D eigenvalue weighted by Gasteiger charge is -2.54. The minimum absolute atomic E-state index is 0.596. The van der Waals surface area contributed by atoms with Crippen molar-refractivity contribution in [1.29, 1.82) is 0 Å². The van der Waals surface area contributed by atoms with Crippen LogP contribution in [0.4, 0.5) is 0 Å². The Balaban J connectivity index is 6.09. The molecule has 0 aliphatic rings. The van der Waals surface area contributed by atoms with Crippen molar-refractivity contribution in [2.75, 3.05) is 14.2 Å². The van der Waals surface area contributed by atoms with E-state index in [1.165, 1.54) is 0 Å². The fourth-order valence-electron chi connectivity index (χ4n) is 4.40. The number of hydrogen-bond acceptors (Lipinski definition) is 2. The van der Waals surface area contributed by atoms with Gasteiger partial charge in [0.15, 0.2) is 0 Å². The summed E-state index contributed by atoms with van der Waals surface area (Å²) in [5.41, 5.74) is 2.38. The molecule has 0 aromatic rings. The van der Waals surface area contributed by atoms with Crippen LogP contribution in [0.1, 0.15) is 55.4 Å². The summed E-state index contributed by atoms with van der Waals surface area (Å²) < 4.78 is 12.6. The molecule has 4 heteroatoms. The first-order chi connectivity index (χ1) is 8.14. The van der Waals surface area contributed by atoms with Gasteiger partial charge in [-0.1, -0.05) is 55.4 Å². The Morgan fingerprint density at radius 3 is 0.722 bits per heavy atom. The number of rotatable bonds is 7. The van der Waals surface area contributed by atoms with Crippen molar-refractivity contribution in [3.05, 3.63) is 0 Å². The lowest BCUT2D eigenvalue weighted by Crippen LogP contribution is -2.72. The molecule has 0 amide bonds. The smallest absolute Gasteiger partial charge is 0.216 e. The summed E-state index contributed by atoms with van der Waals surface area (Å²) in [6.07, 6.45) is 0. The van der Waals surface area contributed by atoms with Crippen molar-refractivity contribution in [2.24, 2.45) is 0 Å². The highest BCUT2D eigenvalue weighted by Gasteiger charge is 2.64. The Morgan fingerprint density at radius 1 is 0.500 bits per heavy atom. The van der Waals surface area contributed by atoms with Crippen LogP contribution in [-0.2, 0) is 8.85 Å². The molecule has 110 valence electrons. The molecule has 0 aliphatic heterocycles. The molecule has 18 heavy (non-hydrogen) atoms. The van der Waals surface area contributed by atoms with Gasteiger partial charge in [0.05, 0.1) is 0 Å². The lowest BCUT2D eigenvalue weighted by molar-refractivity contribution is 0.340. The SMILES string of the molecule is CO[Si](C(C)C)(C(C)C)[Si](OC)(C(C)C)C(C)C. The van der Waals surface area contributed by atoms with Gasteiger partial charge in [-0.15, -0.1) is 0 Å². The Kier molecular flexibility index (Phi) is 6.81. The fraction of sp³-hybridized carbons (Fsp3) is 1.00. The van der Waals surface area contributed by atoms with E-state index in [0.29, 0.717) is 22.2 Å². The van der Waals surface area contributed by atoms with Gasteiger partial charge >= 0.3 is 0 Å². The molecule has 0 unspecified atom stereocenters. The van der Waals surface area contributed by atoms with E-state index in [2.05, 4.69) is 55.4 Å². The highest BCUT2D eigenvalue weighted by Crippen LogP contribution is 2.50. The summed E-state index contributed by atoms with van der Waals surface area (Å²) in [5.74, 6) is 0. The largest absolute Gasteiger partial charge is 0.419 e. The second kappa shape index (κ2) is 6.68. The quantitative estimate of drug-likeness (QED) is 0.622. The molecular formula is C14H34O2Si2. The summed E-state index contributed by atoms with van der Waals surface area (Å²) in [4.78, 5) is 0. The average Bonchev–Trinajstić information content (AvgIpc) is 2.23. The van der Waals surface area contributed by atoms with Crippen LogP contribution in [0.25, 0.3) is 0 Å². The molecule has 0 rings (SSSR count). The zero-order valence-electron chi connectivity index (χ0n) is 14.1. The van der Waals surface area contributed by atoms with Crippen molar-refractivity contribution < 1.29 is 8.85 Å². The maximum absolute atomic E-state index is 6.32. The molecule has 0 aromatic carbocycles. The molecule has 0 saturated heterocycles. The third kappa shape index (κ3) is 2.49. The first kappa shape index (κ1) is 18.4. The van der Waals surface area contributed by atoms with E-state index in [4.69, 9.17) is 8.85 Å². The monoisotopic (exact) mass is 290 g/mol. The van der Waals surface area contributed by atoms with Crippen LogP contribution in [0, 0.1) is 0 Å². The van der Waals surface area contributed by atoms with Crippen LogP contribution in [0.15, 0.2) is 0 Å². The van der Waals surface area contributed by atoms with Gasteiger partial charge in [-0.2, -0.15) is 0 Å². The van der Waals surface area contributed by atoms with Crippen LogP contribution in [0.3, 0.4) is 0 Å². The molecule has 0 fully saturated rings. The van der Waals surface area contributed by atoms with E-state index in [1.54, 1.807) is 0 Å². The van der Waals surface area contributed by atoms with Crippen LogP contribution < -0.4 is 0 Å². The topological polar surface area (TPSA) is 18.5 Å². The van der Waals surface area contributed by atoms with E-state index in [1.807, 2.05) is 14.2 Å². The second-order valence-corrected chi connectivity index (χ2v) is 19.9. The summed E-state index contributed by atoms with van der Waals surface area (Å²) in [6.45, 7) is 18.7. The van der Waals surface area contributed by atoms with Gasteiger partial charge in [-0.05, 0) is 22.2 Å². The normalized spacial score (nSPS) is 14.3. The maximum atomic E-state index is 6.32. The van der Waals surface area contributed by atoms with Crippen LogP contribution in [0.2, 0.25) is 22.2 Å². The third-order valence-electron chi connectivity index (χ3n) is 4.72. The Labute approximate surface area is 117 Å².